The molecule has 20 valence electrons. The molecule has 0 fully saturated rings. The van der Waals surface area contributed by atoms with Gasteiger partial charge >= 0.3 is 58.2 Å². The zero-order valence-electron chi connectivity index (χ0n) is 3.43. The van der Waals surface area contributed by atoms with Gasteiger partial charge in [-0.1, -0.05) is 0 Å². The Hall–Kier alpha value is 1.28. The van der Waals surface area contributed by atoms with E-state index in [-0.39, 0.29) is 66.1 Å². The topological polar surface area (TPSA) is 37.3 Å². The molecule has 0 amide bonds. The van der Waals surface area contributed by atoms with Gasteiger partial charge in [0.2, 0.25) is 0 Å². The van der Waals surface area contributed by atoms with Crippen molar-refractivity contribution in [1.82, 2.24) is 0 Å². The van der Waals surface area contributed by atoms with E-state index in [2.05, 4.69) is 0 Å². The standard InChI is InChI=1S/CH2O2.Rb.H/c2-1-3;;/h1H,(H,2,3);;/q;+1;-1. The third kappa shape index (κ3) is 10.4. The molecule has 2 nitrogen and oxygen atoms in total. The second kappa shape index (κ2) is 8.86. The SMILES string of the molecule is O=CO.[H-].[Rb+]. The molecule has 0 bridgehead atoms. The molecule has 0 heterocycles. The first-order chi connectivity index (χ1) is 1.41. The first-order valence-electron chi connectivity index (χ1n) is 0.494. The summed E-state index contributed by atoms with van der Waals surface area (Å²) in [6.07, 6.45) is 0. The van der Waals surface area contributed by atoms with Crippen LogP contribution < -0.4 is 58.2 Å². The van der Waals surface area contributed by atoms with E-state index in [1.165, 1.54) is 0 Å². The molecule has 0 aromatic carbocycles. The molecule has 0 saturated heterocycles. The summed E-state index contributed by atoms with van der Waals surface area (Å²) in [5.74, 6) is 0. The van der Waals surface area contributed by atoms with Crippen LogP contribution in [-0.2, 0) is 4.79 Å². The van der Waals surface area contributed by atoms with E-state index >= 15 is 0 Å². The minimum Gasteiger partial charge on any atom is -1.00 e. The molecule has 0 spiro atoms. The predicted molar refractivity (Wildman–Crippen MR) is 9.80 cm³/mol. The van der Waals surface area contributed by atoms with Crippen molar-refractivity contribution >= 4 is 6.47 Å². The van der Waals surface area contributed by atoms with Crippen LogP contribution in [0.25, 0.3) is 0 Å². The predicted octanol–water partition coefficient (Wildman–Crippen LogP) is -3.18. The molecule has 0 aliphatic rings. The van der Waals surface area contributed by atoms with Crippen LogP contribution in [0.3, 0.4) is 0 Å². The number of carboxylic acid groups (broad SMARTS) is 1. The molecular weight excluding hydrogens is 129 g/mol. The molecule has 0 radical (unpaired) electrons. The average molecular weight is 133 g/mol. The van der Waals surface area contributed by atoms with Gasteiger partial charge in [0.1, 0.15) is 0 Å². The van der Waals surface area contributed by atoms with Gasteiger partial charge in [-0.15, -0.1) is 0 Å². The van der Waals surface area contributed by atoms with Crippen molar-refractivity contribution < 1.29 is 69.5 Å². The maximum atomic E-state index is 8.36. The van der Waals surface area contributed by atoms with Gasteiger partial charge in [-0.05, 0) is 0 Å². The summed E-state index contributed by atoms with van der Waals surface area (Å²) < 4.78 is 0. The van der Waals surface area contributed by atoms with E-state index in [9.17, 15) is 0 Å². The van der Waals surface area contributed by atoms with Crippen molar-refractivity contribution in [3.63, 3.8) is 0 Å². The first kappa shape index (κ1) is 8.99. The number of carbonyl (C=O) groups is 1. The minimum absolute atomic E-state index is 0. The Balaban J connectivity index is -0.0000000200. The fourth-order valence-electron chi connectivity index (χ4n) is 0. The van der Waals surface area contributed by atoms with Crippen LogP contribution in [-0.4, -0.2) is 11.6 Å². The van der Waals surface area contributed by atoms with Crippen LogP contribution in [0.1, 0.15) is 1.43 Å². The zero-order chi connectivity index (χ0) is 2.71. The van der Waals surface area contributed by atoms with E-state index in [0.717, 1.165) is 0 Å². The van der Waals surface area contributed by atoms with Crippen LogP contribution in [0.2, 0.25) is 0 Å². The molecule has 0 aromatic heterocycles. The Morgan fingerprint density at radius 2 is 2.00 bits per heavy atom. The fraction of sp³-hybridized carbons (Fsp3) is 0. The fourth-order valence-corrected chi connectivity index (χ4v) is 0. The smallest absolute Gasteiger partial charge is 1.00 e. The van der Waals surface area contributed by atoms with Crippen molar-refractivity contribution in [2.75, 3.05) is 0 Å². The summed E-state index contributed by atoms with van der Waals surface area (Å²) in [6, 6.07) is 0. The number of hydrogen-bond donors (Lipinski definition) is 1. The van der Waals surface area contributed by atoms with Crippen LogP contribution in [0, 0.1) is 0 Å². The minimum atomic E-state index is -0.250. The van der Waals surface area contributed by atoms with Crippen LogP contribution in [0.15, 0.2) is 0 Å². The van der Waals surface area contributed by atoms with E-state index < -0.39 is 0 Å². The van der Waals surface area contributed by atoms with Crippen molar-refractivity contribution in [3.8, 4) is 0 Å². The Kier molecular flexibility index (Phi) is 19.9. The third-order valence-electron chi connectivity index (χ3n) is 0. The van der Waals surface area contributed by atoms with E-state index in [0.29, 0.717) is 0 Å². The molecule has 1 N–H and O–H groups in total. The quantitative estimate of drug-likeness (QED) is 0.353. The molecular formula is CH3O2Rb. The van der Waals surface area contributed by atoms with E-state index in [4.69, 9.17) is 9.90 Å². The zero-order valence-corrected chi connectivity index (χ0v) is 7.35. The van der Waals surface area contributed by atoms with Crippen LogP contribution in [0.5, 0.6) is 0 Å². The van der Waals surface area contributed by atoms with Crippen LogP contribution in [0.4, 0.5) is 0 Å². The molecule has 0 atom stereocenters. The van der Waals surface area contributed by atoms with Gasteiger partial charge in [0.05, 0.1) is 0 Å². The molecule has 0 aliphatic carbocycles. The Morgan fingerprint density at radius 1 is 2.00 bits per heavy atom. The second-order valence-electron chi connectivity index (χ2n) is 0.105. The van der Waals surface area contributed by atoms with Crippen molar-refractivity contribution in [2.45, 2.75) is 0 Å². The normalized spacial score (nSPS) is 3.00. The molecule has 4 heavy (non-hydrogen) atoms. The third-order valence-corrected chi connectivity index (χ3v) is 0. The van der Waals surface area contributed by atoms with Gasteiger partial charge in [0.25, 0.3) is 6.47 Å². The monoisotopic (exact) mass is 132 g/mol. The second-order valence-corrected chi connectivity index (χ2v) is 0.105. The van der Waals surface area contributed by atoms with Gasteiger partial charge in [0.15, 0.2) is 0 Å². The first-order valence-corrected chi connectivity index (χ1v) is 0.494. The summed E-state index contributed by atoms with van der Waals surface area (Å²) in [4.78, 5) is 8.36. The largest absolute Gasteiger partial charge is 1.00 e. The van der Waals surface area contributed by atoms with Crippen molar-refractivity contribution in [1.29, 1.82) is 0 Å². The Morgan fingerprint density at radius 3 is 2.00 bits per heavy atom. The van der Waals surface area contributed by atoms with Gasteiger partial charge in [0, 0.05) is 0 Å². The van der Waals surface area contributed by atoms with Crippen molar-refractivity contribution in [3.05, 3.63) is 0 Å². The Labute approximate surface area is 74.5 Å². The molecule has 0 unspecified atom stereocenters. The Bertz CT molecular complexity index is 17.1. The molecule has 3 heteroatoms. The maximum Gasteiger partial charge on any atom is 1.00 e. The van der Waals surface area contributed by atoms with E-state index in [1.54, 1.807) is 0 Å². The molecule has 0 saturated carbocycles. The summed E-state index contributed by atoms with van der Waals surface area (Å²) in [5.41, 5.74) is 0. The number of rotatable bonds is 0. The molecule has 0 aliphatic heterocycles. The van der Waals surface area contributed by atoms with Gasteiger partial charge < -0.3 is 6.53 Å². The summed E-state index contributed by atoms with van der Waals surface area (Å²) in [6.45, 7) is -0.250. The summed E-state index contributed by atoms with van der Waals surface area (Å²) >= 11 is 0. The molecule has 0 rings (SSSR count). The van der Waals surface area contributed by atoms with Crippen molar-refractivity contribution in [2.24, 2.45) is 0 Å². The van der Waals surface area contributed by atoms with Crippen LogP contribution >= 0.6 is 0 Å². The summed E-state index contributed by atoms with van der Waals surface area (Å²) in [5, 5.41) is 6.89. The van der Waals surface area contributed by atoms with Gasteiger partial charge in [-0.2, -0.15) is 0 Å². The average Bonchev–Trinajstić information content (AvgIpc) is 0.918. The summed E-state index contributed by atoms with van der Waals surface area (Å²) in [7, 11) is 0. The molecule has 0 aromatic rings. The maximum absolute atomic E-state index is 8.36. The van der Waals surface area contributed by atoms with Gasteiger partial charge in [-0.3, -0.25) is 4.79 Å². The number of hydrogen-bond acceptors (Lipinski definition) is 1. The van der Waals surface area contributed by atoms with E-state index in [1.807, 2.05) is 0 Å². The van der Waals surface area contributed by atoms with Gasteiger partial charge in [-0.25, -0.2) is 0 Å².